The maximum atomic E-state index is 10.6. The molecule has 0 aliphatic rings. The highest BCUT2D eigenvalue weighted by molar-refractivity contribution is 5.70. The Morgan fingerprint density at radius 1 is 1.42 bits per heavy atom. The molecule has 0 amide bonds. The largest absolute Gasteiger partial charge is 0.481 e. The molecule has 1 N–H and O–H groups in total. The minimum absolute atomic E-state index is 0.0122. The molecular weight excluding hydrogens is 244 g/mol. The predicted octanol–water partition coefficient (Wildman–Crippen LogP) is 1.33. The van der Waals surface area contributed by atoms with Gasteiger partial charge in [0.2, 0.25) is 0 Å². The molecule has 1 aromatic heterocycles. The number of nitrogens with zero attached hydrogens (tertiary/aromatic N) is 4. The van der Waals surface area contributed by atoms with Crippen LogP contribution in [0.3, 0.4) is 0 Å². The minimum atomic E-state index is -0.866. The van der Waals surface area contributed by atoms with Gasteiger partial charge in [-0.2, -0.15) is 5.26 Å². The molecule has 0 fully saturated rings. The van der Waals surface area contributed by atoms with Gasteiger partial charge < -0.3 is 5.11 Å². The third-order valence-electron chi connectivity index (χ3n) is 2.74. The second kappa shape index (κ2) is 5.31. The number of nitriles is 1. The third-order valence-corrected chi connectivity index (χ3v) is 2.74. The number of hydrogen-bond acceptors (Lipinski definition) is 4. The Kier molecular flexibility index (Phi) is 3.57. The van der Waals surface area contributed by atoms with Crippen LogP contribution in [-0.4, -0.2) is 26.1 Å². The van der Waals surface area contributed by atoms with Crippen LogP contribution < -0.4 is 0 Å². The van der Waals surface area contributed by atoms with Crippen LogP contribution in [-0.2, 0) is 17.6 Å². The highest BCUT2D eigenvalue weighted by atomic mass is 16.4. The van der Waals surface area contributed by atoms with E-state index in [9.17, 15) is 4.79 Å². The molecule has 0 aliphatic heterocycles. The Hall–Kier alpha value is -2.68. The molecule has 2 aromatic rings. The van der Waals surface area contributed by atoms with E-state index in [0.717, 1.165) is 16.9 Å². The topological polar surface area (TPSA) is 91.8 Å². The zero-order chi connectivity index (χ0) is 13.8. The summed E-state index contributed by atoms with van der Waals surface area (Å²) in [5, 5.41) is 25.4. The van der Waals surface area contributed by atoms with Gasteiger partial charge in [0.15, 0.2) is 5.69 Å². The maximum absolute atomic E-state index is 10.6. The molecule has 1 heterocycles. The van der Waals surface area contributed by atoms with Crippen LogP contribution in [0.1, 0.15) is 23.9 Å². The van der Waals surface area contributed by atoms with E-state index in [4.69, 9.17) is 10.4 Å². The summed E-state index contributed by atoms with van der Waals surface area (Å²) >= 11 is 0. The molecule has 19 heavy (non-hydrogen) atoms. The normalized spacial score (nSPS) is 10.1. The number of carboxylic acids is 1. The fourth-order valence-corrected chi connectivity index (χ4v) is 1.84. The molecule has 0 radical (unpaired) electrons. The van der Waals surface area contributed by atoms with Gasteiger partial charge in [-0.15, -0.1) is 5.10 Å². The molecule has 96 valence electrons. The lowest BCUT2D eigenvalue weighted by Crippen LogP contribution is -2.03. The van der Waals surface area contributed by atoms with E-state index in [1.807, 2.05) is 13.0 Å². The number of aliphatic carboxylic acids is 1. The molecule has 0 saturated heterocycles. The summed E-state index contributed by atoms with van der Waals surface area (Å²) in [4.78, 5) is 10.6. The fraction of sp³-hybridized carbons (Fsp3) is 0.231. The number of rotatable bonds is 4. The number of benzene rings is 1. The highest BCUT2D eigenvalue weighted by Crippen LogP contribution is 2.14. The molecule has 6 heteroatoms. The Morgan fingerprint density at radius 3 is 2.63 bits per heavy atom. The fourth-order valence-electron chi connectivity index (χ4n) is 1.84. The molecule has 1 aromatic carbocycles. The first-order valence-corrected chi connectivity index (χ1v) is 5.81. The van der Waals surface area contributed by atoms with Gasteiger partial charge in [-0.1, -0.05) is 24.3 Å². The minimum Gasteiger partial charge on any atom is -0.481 e. The number of carboxylic acid groups (broad SMARTS) is 1. The number of carbonyl (C=O) groups is 1. The van der Waals surface area contributed by atoms with E-state index in [1.165, 1.54) is 0 Å². The van der Waals surface area contributed by atoms with E-state index < -0.39 is 5.97 Å². The molecule has 0 aliphatic carbocycles. The third kappa shape index (κ3) is 2.60. The second-order valence-electron chi connectivity index (χ2n) is 4.00. The molecule has 0 saturated carbocycles. The van der Waals surface area contributed by atoms with Crippen molar-refractivity contribution < 1.29 is 9.90 Å². The van der Waals surface area contributed by atoms with Crippen LogP contribution in [0.2, 0.25) is 0 Å². The molecule has 0 spiro atoms. The van der Waals surface area contributed by atoms with Crippen molar-refractivity contribution in [2.45, 2.75) is 19.8 Å². The smallest absolute Gasteiger partial charge is 0.307 e. The lowest BCUT2D eigenvalue weighted by atomic mass is 10.1. The van der Waals surface area contributed by atoms with Crippen LogP contribution in [0.5, 0.6) is 0 Å². The van der Waals surface area contributed by atoms with Crippen molar-refractivity contribution in [1.29, 1.82) is 5.26 Å². The standard InChI is InChI=1S/C13H12N4O2/c1-2-12-11(8-14)15-16-17(12)10-5-3-9(4-6-10)7-13(18)19/h3-6H,2,7H2,1H3,(H,18,19). The van der Waals surface area contributed by atoms with Crippen molar-refractivity contribution in [3.05, 3.63) is 41.2 Å². The molecule has 0 atom stereocenters. The van der Waals surface area contributed by atoms with Crippen LogP contribution in [0, 0.1) is 11.3 Å². The maximum Gasteiger partial charge on any atom is 0.307 e. The van der Waals surface area contributed by atoms with Crippen molar-refractivity contribution in [3.8, 4) is 11.8 Å². The average Bonchev–Trinajstić information content (AvgIpc) is 2.81. The first kappa shape index (κ1) is 12.8. The van der Waals surface area contributed by atoms with E-state index >= 15 is 0 Å². The Balaban J connectivity index is 2.35. The number of hydrogen-bond donors (Lipinski definition) is 1. The van der Waals surface area contributed by atoms with E-state index in [2.05, 4.69) is 10.3 Å². The van der Waals surface area contributed by atoms with Crippen molar-refractivity contribution in [3.63, 3.8) is 0 Å². The van der Waals surface area contributed by atoms with Crippen molar-refractivity contribution in [1.82, 2.24) is 15.0 Å². The van der Waals surface area contributed by atoms with Gasteiger partial charge in [0.25, 0.3) is 0 Å². The van der Waals surface area contributed by atoms with E-state index in [0.29, 0.717) is 12.1 Å². The quantitative estimate of drug-likeness (QED) is 0.890. The van der Waals surface area contributed by atoms with Gasteiger partial charge in [0.1, 0.15) is 6.07 Å². The molecule has 0 unspecified atom stereocenters. The second-order valence-corrected chi connectivity index (χ2v) is 4.00. The zero-order valence-electron chi connectivity index (χ0n) is 10.4. The Morgan fingerprint density at radius 2 is 2.11 bits per heavy atom. The summed E-state index contributed by atoms with van der Waals surface area (Å²) in [5.41, 5.74) is 2.54. The number of aromatic nitrogens is 3. The summed E-state index contributed by atoms with van der Waals surface area (Å²) < 4.78 is 1.60. The van der Waals surface area contributed by atoms with Gasteiger partial charge in [0, 0.05) is 0 Å². The van der Waals surface area contributed by atoms with Crippen LogP contribution in [0.15, 0.2) is 24.3 Å². The predicted molar refractivity (Wildman–Crippen MR) is 66.8 cm³/mol. The zero-order valence-corrected chi connectivity index (χ0v) is 10.4. The summed E-state index contributed by atoms with van der Waals surface area (Å²) in [6, 6.07) is 9.01. The van der Waals surface area contributed by atoms with E-state index in [1.54, 1.807) is 28.9 Å². The summed E-state index contributed by atoms with van der Waals surface area (Å²) in [5.74, 6) is -0.866. The first-order valence-electron chi connectivity index (χ1n) is 5.81. The van der Waals surface area contributed by atoms with Crippen molar-refractivity contribution in [2.24, 2.45) is 0 Å². The van der Waals surface area contributed by atoms with Crippen molar-refractivity contribution in [2.75, 3.05) is 0 Å². The average molecular weight is 256 g/mol. The Labute approximate surface area is 109 Å². The SMILES string of the molecule is CCc1c(C#N)nnn1-c1ccc(CC(=O)O)cc1. The lowest BCUT2D eigenvalue weighted by Gasteiger charge is -2.05. The van der Waals surface area contributed by atoms with Gasteiger partial charge in [-0.25, -0.2) is 4.68 Å². The summed E-state index contributed by atoms with van der Waals surface area (Å²) in [7, 11) is 0. The molecular formula is C13H12N4O2. The van der Waals surface area contributed by atoms with Gasteiger partial charge >= 0.3 is 5.97 Å². The summed E-state index contributed by atoms with van der Waals surface area (Å²) in [6.07, 6.45) is 0.633. The van der Waals surface area contributed by atoms with E-state index in [-0.39, 0.29) is 6.42 Å². The molecule has 0 bridgehead atoms. The van der Waals surface area contributed by atoms with Gasteiger partial charge in [-0.3, -0.25) is 4.79 Å². The van der Waals surface area contributed by atoms with Gasteiger partial charge in [-0.05, 0) is 24.1 Å². The summed E-state index contributed by atoms with van der Waals surface area (Å²) in [6.45, 7) is 1.93. The van der Waals surface area contributed by atoms with Gasteiger partial charge in [0.05, 0.1) is 17.8 Å². The monoisotopic (exact) mass is 256 g/mol. The lowest BCUT2D eigenvalue weighted by molar-refractivity contribution is -0.136. The molecule has 6 nitrogen and oxygen atoms in total. The molecule has 2 rings (SSSR count). The van der Waals surface area contributed by atoms with Crippen LogP contribution in [0.25, 0.3) is 5.69 Å². The van der Waals surface area contributed by atoms with Crippen LogP contribution >= 0.6 is 0 Å². The van der Waals surface area contributed by atoms with Crippen molar-refractivity contribution >= 4 is 5.97 Å². The van der Waals surface area contributed by atoms with Crippen LogP contribution in [0.4, 0.5) is 0 Å². The Bertz CT molecular complexity index is 638. The first-order chi connectivity index (χ1) is 9.15. The highest BCUT2D eigenvalue weighted by Gasteiger charge is 2.12.